The summed E-state index contributed by atoms with van der Waals surface area (Å²) in [6.07, 6.45) is 3.73. The van der Waals surface area contributed by atoms with Crippen LogP contribution < -0.4 is 15.6 Å². The smallest absolute Gasteiger partial charge is 0.265 e. The minimum Gasteiger partial charge on any atom is -0.493 e. The first-order valence-electron chi connectivity index (χ1n) is 13.5. The molecule has 210 valence electrons. The number of carbonyl (C=O) groups excluding carboxylic acids is 3. The molecule has 0 radical (unpaired) electrons. The molecule has 2 heterocycles. The van der Waals surface area contributed by atoms with Gasteiger partial charge in [0.15, 0.2) is 5.78 Å². The Morgan fingerprint density at radius 2 is 1.95 bits per heavy atom. The topological polar surface area (TPSA) is 121 Å². The van der Waals surface area contributed by atoms with Gasteiger partial charge in [0.25, 0.3) is 5.91 Å². The maximum absolute atomic E-state index is 13.2. The first kappa shape index (κ1) is 28.9. The van der Waals surface area contributed by atoms with Crippen LogP contribution in [0.5, 0.6) is 5.75 Å². The average Bonchev–Trinajstić information content (AvgIpc) is 2.94. The number of rotatable bonds is 11. The highest BCUT2D eigenvalue weighted by Crippen LogP contribution is 2.36. The third-order valence-corrected chi connectivity index (χ3v) is 7.56. The number of aromatic nitrogens is 1. The molecule has 1 aliphatic rings. The Morgan fingerprint density at radius 3 is 2.65 bits per heavy atom. The molecule has 2 aromatic carbocycles. The van der Waals surface area contributed by atoms with Gasteiger partial charge in [0.2, 0.25) is 5.91 Å². The third-order valence-electron chi connectivity index (χ3n) is 7.56. The molecule has 1 saturated heterocycles. The molecule has 2 unspecified atom stereocenters. The quantitative estimate of drug-likeness (QED) is 0.187. The SMILES string of the molecule is C=CCC1(C(C)=O)CC(CC(=O)NO)CCN1NC(=O)c1ccc(OCCc2cc(C)nc3ccccc23)cc1. The molecule has 40 heavy (non-hydrogen) atoms. The van der Waals surface area contributed by atoms with Crippen LogP contribution in [-0.4, -0.2) is 51.5 Å². The number of ether oxygens (including phenoxy) is 1. The zero-order valence-corrected chi connectivity index (χ0v) is 23.0. The summed E-state index contributed by atoms with van der Waals surface area (Å²) in [7, 11) is 0. The van der Waals surface area contributed by atoms with Gasteiger partial charge in [0.1, 0.15) is 11.3 Å². The fourth-order valence-electron chi connectivity index (χ4n) is 5.54. The van der Waals surface area contributed by atoms with Gasteiger partial charge in [-0.25, -0.2) is 10.5 Å². The summed E-state index contributed by atoms with van der Waals surface area (Å²) >= 11 is 0. The lowest BCUT2D eigenvalue weighted by molar-refractivity contribution is -0.139. The predicted molar refractivity (Wildman–Crippen MR) is 152 cm³/mol. The molecule has 3 N–H and O–H groups in total. The van der Waals surface area contributed by atoms with Crippen molar-refractivity contribution >= 4 is 28.5 Å². The molecule has 0 saturated carbocycles. The number of benzene rings is 2. The number of nitrogens with zero attached hydrogens (tertiary/aromatic N) is 2. The number of hydroxylamine groups is 1. The Labute approximate surface area is 234 Å². The van der Waals surface area contributed by atoms with Gasteiger partial charge < -0.3 is 4.74 Å². The van der Waals surface area contributed by atoms with Gasteiger partial charge in [0, 0.05) is 36.0 Å². The number of pyridine rings is 1. The maximum Gasteiger partial charge on any atom is 0.265 e. The van der Waals surface area contributed by atoms with Crippen molar-refractivity contribution in [2.45, 2.75) is 51.5 Å². The van der Waals surface area contributed by atoms with E-state index in [4.69, 9.17) is 9.94 Å². The van der Waals surface area contributed by atoms with E-state index in [0.29, 0.717) is 43.7 Å². The fraction of sp³-hybridized carbons (Fsp3) is 0.355. The zero-order valence-electron chi connectivity index (χ0n) is 23.0. The van der Waals surface area contributed by atoms with Crippen molar-refractivity contribution in [2.75, 3.05) is 13.2 Å². The molecule has 0 aliphatic carbocycles. The largest absolute Gasteiger partial charge is 0.493 e. The van der Waals surface area contributed by atoms with Crippen LogP contribution in [0.3, 0.4) is 0 Å². The van der Waals surface area contributed by atoms with Crippen molar-refractivity contribution in [3.05, 3.63) is 84.1 Å². The van der Waals surface area contributed by atoms with Gasteiger partial charge in [-0.3, -0.25) is 30.0 Å². The van der Waals surface area contributed by atoms with Crippen LogP contribution in [0.1, 0.15) is 54.2 Å². The van der Waals surface area contributed by atoms with Crippen molar-refractivity contribution in [3.63, 3.8) is 0 Å². The summed E-state index contributed by atoms with van der Waals surface area (Å²) in [5.41, 5.74) is 7.09. The first-order chi connectivity index (χ1) is 19.3. The van der Waals surface area contributed by atoms with E-state index in [-0.39, 0.29) is 24.0 Å². The Bertz CT molecular complexity index is 1390. The predicted octanol–water partition coefficient (Wildman–Crippen LogP) is 4.32. The summed E-state index contributed by atoms with van der Waals surface area (Å²) < 4.78 is 5.96. The number of hydrogen-bond acceptors (Lipinski definition) is 7. The number of hydrogen-bond donors (Lipinski definition) is 3. The van der Waals surface area contributed by atoms with E-state index < -0.39 is 11.4 Å². The average molecular weight is 545 g/mol. The lowest BCUT2D eigenvalue weighted by Crippen LogP contribution is -2.64. The van der Waals surface area contributed by atoms with Gasteiger partial charge in [0.05, 0.1) is 12.1 Å². The van der Waals surface area contributed by atoms with Crippen molar-refractivity contribution in [1.82, 2.24) is 20.9 Å². The van der Waals surface area contributed by atoms with E-state index in [9.17, 15) is 14.4 Å². The number of carbonyl (C=O) groups is 3. The summed E-state index contributed by atoms with van der Waals surface area (Å²) in [5.74, 6) is -0.423. The Morgan fingerprint density at radius 1 is 1.20 bits per heavy atom. The fourth-order valence-corrected chi connectivity index (χ4v) is 5.54. The van der Waals surface area contributed by atoms with Crippen LogP contribution in [0.25, 0.3) is 10.9 Å². The molecular formula is C31H36N4O5. The molecule has 9 heteroatoms. The number of para-hydroxylation sites is 1. The van der Waals surface area contributed by atoms with Crippen LogP contribution in [-0.2, 0) is 16.0 Å². The lowest BCUT2D eigenvalue weighted by atomic mass is 9.75. The molecule has 1 aliphatic heterocycles. The van der Waals surface area contributed by atoms with Gasteiger partial charge in [-0.1, -0.05) is 24.3 Å². The Balaban J connectivity index is 1.39. The van der Waals surface area contributed by atoms with Gasteiger partial charge >= 0.3 is 0 Å². The highest BCUT2D eigenvalue weighted by Gasteiger charge is 2.46. The lowest BCUT2D eigenvalue weighted by Gasteiger charge is -2.47. The van der Waals surface area contributed by atoms with Gasteiger partial charge in [-0.05, 0) is 81.0 Å². The third kappa shape index (κ3) is 6.55. The minimum absolute atomic E-state index is 0.100. The van der Waals surface area contributed by atoms with Crippen LogP contribution in [0.4, 0.5) is 0 Å². The second-order valence-electron chi connectivity index (χ2n) is 10.3. The number of hydrazine groups is 1. The van der Waals surface area contributed by atoms with E-state index in [0.717, 1.165) is 23.0 Å². The van der Waals surface area contributed by atoms with Crippen LogP contribution in [0, 0.1) is 12.8 Å². The summed E-state index contributed by atoms with van der Waals surface area (Å²) in [5, 5.41) is 11.7. The Hall–Kier alpha value is -4.08. The molecule has 1 fully saturated rings. The molecule has 3 aromatic rings. The highest BCUT2D eigenvalue weighted by molar-refractivity contribution is 5.95. The van der Waals surface area contributed by atoms with Crippen molar-refractivity contribution in [1.29, 1.82) is 0 Å². The number of aryl methyl sites for hydroxylation is 1. The van der Waals surface area contributed by atoms with E-state index in [1.54, 1.807) is 40.8 Å². The van der Waals surface area contributed by atoms with E-state index >= 15 is 0 Å². The second kappa shape index (κ2) is 12.8. The molecule has 9 nitrogen and oxygen atoms in total. The molecule has 4 rings (SSSR count). The molecule has 0 bridgehead atoms. The maximum atomic E-state index is 13.2. The molecule has 0 spiro atoms. The summed E-state index contributed by atoms with van der Waals surface area (Å²) in [6, 6.07) is 17.0. The monoisotopic (exact) mass is 544 g/mol. The molecule has 1 aromatic heterocycles. The number of fused-ring (bicyclic) bond motifs is 1. The zero-order chi connectivity index (χ0) is 28.7. The van der Waals surface area contributed by atoms with Crippen molar-refractivity contribution in [3.8, 4) is 5.75 Å². The van der Waals surface area contributed by atoms with Gasteiger partial charge in [-0.15, -0.1) is 6.58 Å². The van der Waals surface area contributed by atoms with E-state index in [2.05, 4.69) is 29.1 Å². The molecule has 2 amide bonds. The molecule has 2 atom stereocenters. The Kier molecular flexibility index (Phi) is 9.29. The number of ketones is 1. The minimum atomic E-state index is -1.02. The van der Waals surface area contributed by atoms with E-state index in [1.165, 1.54) is 12.5 Å². The number of nitrogens with one attached hydrogen (secondary N) is 2. The van der Waals surface area contributed by atoms with Crippen LogP contribution in [0.2, 0.25) is 0 Å². The van der Waals surface area contributed by atoms with Crippen molar-refractivity contribution < 1.29 is 24.3 Å². The summed E-state index contributed by atoms with van der Waals surface area (Å²) in [6.45, 7) is 8.13. The number of amides is 2. The normalized spacial score (nSPS) is 19.1. The van der Waals surface area contributed by atoms with Gasteiger partial charge in [-0.2, -0.15) is 0 Å². The number of piperidine rings is 1. The van der Waals surface area contributed by atoms with Crippen molar-refractivity contribution in [2.24, 2.45) is 5.92 Å². The molecular weight excluding hydrogens is 508 g/mol. The number of Topliss-reactive ketones (excluding diaryl/α,β-unsaturated/α-hetero) is 1. The standard InChI is InChI=1S/C31H36N4O5/c1-4-15-31(22(3)36)20-23(19-29(37)34-39)13-16-35(31)33-30(38)24-9-11-26(12-10-24)40-17-14-25-18-21(2)32-28-8-6-5-7-27(25)28/h4-12,18,23,39H,1,13-17,19-20H2,2-3H3,(H,33,38)(H,34,37). The van der Waals surface area contributed by atoms with E-state index in [1.807, 2.05) is 25.1 Å². The van der Waals surface area contributed by atoms with Crippen LogP contribution >= 0.6 is 0 Å². The first-order valence-corrected chi connectivity index (χ1v) is 13.5. The second-order valence-corrected chi connectivity index (χ2v) is 10.3. The van der Waals surface area contributed by atoms with Crippen LogP contribution in [0.15, 0.2) is 67.3 Å². The summed E-state index contributed by atoms with van der Waals surface area (Å²) in [4.78, 5) is 42.4. The highest BCUT2D eigenvalue weighted by atomic mass is 16.5.